The molecular weight excluding hydrogens is 177 g/mol. The Morgan fingerprint density at radius 2 is 2.14 bits per heavy atom. The molecule has 2 atom stereocenters. The van der Waals surface area contributed by atoms with Crippen LogP contribution in [0.15, 0.2) is 12.3 Å². The second-order valence-corrected chi connectivity index (χ2v) is 5.06. The molecule has 14 heavy (non-hydrogen) atoms. The van der Waals surface area contributed by atoms with Crippen molar-refractivity contribution in [3.05, 3.63) is 12.3 Å². The van der Waals surface area contributed by atoms with Crippen LogP contribution in [0.1, 0.15) is 34.1 Å². The SMILES string of the molecule is C=C(C)N1CCC(C)(F)[C@@H](C(C)C)C1. The number of alkyl halides is 1. The number of halogens is 1. The van der Waals surface area contributed by atoms with E-state index in [1.807, 2.05) is 6.92 Å². The minimum absolute atomic E-state index is 0.132. The van der Waals surface area contributed by atoms with Gasteiger partial charge in [-0.3, -0.25) is 0 Å². The number of likely N-dealkylation sites (tertiary alicyclic amines) is 1. The molecule has 1 heterocycles. The van der Waals surface area contributed by atoms with Crippen LogP contribution in [-0.2, 0) is 0 Å². The molecule has 1 fully saturated rings. The average Bonchev–Trinajstić information content (AvgIpc) is 2.02. The van der Waals surface area contributed by atoms with Crippen LogP contribution in [0.5, 0.6) is 0 Å². The Labute approximate surface area is 87.0 Å². The lowest BCUT2D eigenvalue weighted by atomic mass is 9.77. The summed E-state index contributed by atoms with van der Waals surface area (Å²) in [6.07, 6.45) is 0.628. The fourth-order valence-corrected chi connectivity index (χ4v) is 2.31. The van der Waals surface area contributed by atoms with E-state index in [0.717, 1.165) is 18.8 Å². The lowest BCUT2D eigenvalue weighted by Gasteiger charge is -2.44. The number of rotatable bonds is 2. The van der Waals surface area contributed by atoms with E-state index in [-0.39, 0.29) is 5.92 Å². The van der Waals surface area contributed by atoms with Gasteiger partial charge in [0.2, 0.25) is 0 Å². The van der Waals surface area contributed by atoms with Gasteiger partial charge >= 0.3 is 0 Å². The van der Waals surface area contributed by atoms with Gasteiger partial charge in [0, 0.05) is 24.7 Å². The molecule has 0 aromatic heterocycles. The van der Waals surface area contributed by atoms with Gasteiger partial charge in [0.1, 0.15) is 5.67 Å². The monoisotopic (exact) mass is 199 g/mol. The van der Waals surface area contributed by atoms with Crippen molar-refractivity contribution in [1.82, 2.24) is 4.90 Å². The van der Waals surface area contributed by atoms with E-state index in [0.29, 0.717) is 12.3 Å². The van der Waals surface area contributed by atoms with Crippen LogP contribution in [0.3, 0.4) is 0 Å². The summed E-state index contributed by atoms with van der Waals surface area (Å²) in [4.78, 5) is 2.20. The molecule has 0 radical (unpaired) electrons. The molecule has 0 aromatic rings. The maximum Gasteiger partial charge on any atom is 0.114 e. The third-order valence-corrected chi connectivity index (χ3v) is 3.41. The van der Waals surface area contributed by atoms with Gasteiger partial charge in [-0.25, -0.2) is 4.39 Å². The van der Waals surface area contributed by atoms with Gasteiger partial charge in [0.25, 0.3) is 0 Å². The van der Waals surface area contributed by atoms with Crippen molar-refractivity contribution < 1.29 is 4.39 Å². The largest absolute Gasteiger partial charge is 0.375 e. The van der Waals surface area contributed by atoms with Crippen LogP contribution in [0.25, 0.3) is 0 Å². The molecule has 0 amide bonds. The number of hydrogen-bond donors (Lipinski definition) is 0. The Hall–Kier alpha value is -0.530. The molecule has 1 rings (SSSR count). The fourth-order valence-electron chi connectivity index (χ4n) is 2.31. The van der Waals surface area contributed by atoms with E-state index in [1.54, 1.807) is 6.92 Å². The van der Waals surface area contributed by atoms with E-state index in [2.05, 4.69) is 25.3 Å². The van der Waals surface area contributed by atoms with Gasteiger partial charge in [-0.05, 0) is 26.2 Å². The van der Waals surface area contributed by atoms with Crippen LogP contribution in [0.4, 0.5) is 4.39 Å². The van der Waals surface area contributed by atoms with Gasteiger partial charge in [0.05, 0.1) is 0 Å². The highest BCUT2D eigenvalue weighted by Crippen LogP contribution is 2.36. The van der Waals surface area contributed by atoms with E-state index >= 15 is 0 Å². The van der Waals surface area contributed by atoms with Crippen LogP contribution < -0.4 is 0 Å². The summed E-state index contributed by atoms with van der Waals surface area (Å²) in [7, 11) is 0. The zero-order valence-corrected chi connectivity index (χ0v) is 9.81. The molecule has 0 N–H and O–H groups in total. The van der Waals surface area contributed by atoms with Crippen molar-refractivity contribution in [2.24, 2.45) is 11.8 Å². The van der Waals surface area contributed by atoms with Crippen molar-refractivity contribution in [1.29, 1.82) is 0 Å². The summed E-state index contributed by atoms with van der Waals surface area (Å²) in [5.41, 5.74) is 0.0614. The highest BCUT2D eigenvalue weighted by molar-refractivity contribution is 4.99. The predicted molar refractivity (Wildman–Crippen MR) is 58.8 cm³/mol. The number of allylic oxidation sites excluding steroid dienone is 1. The second kappa shape index (κ2) is 3.92. The van der Waals surface area contributed by atoms with Crippen LogP contribution >= 0.6 is 0 Å². The Kier molecular flexibility index (Phi) is 3.23. The normalized spacial score (nSPS) is 33.6. The van der Waals surface area contributed by atoms with Gasteiger partial charge in [0.15, 0.2) is 0 Å². The van der Waals surface area contributed by atoms with Gasteiger partial charge in [-0.1, -0.05) is 20.4 Å². The molecule has 82 valence electrons. The maximum absolute atomic E-state index is 14.2. The Morgan fingerprint density at radius 1 is 1.57 bits per heavy atom. The fraction of sp³-hybridized carbons (Fsp3) is 0.833. The molecular formula is C12H22FN. The lowest BCUT2D eigenvalue weighted by Crippen LogP contribution is -2.48. The summed E-state index contributed by atoms with van der Waals surface area (Å²) < 4.78 is 14.2. The number of hydrogen-bond acceptors (Lipinski definition) is 1. The van der Waals surface area contributed by atoms with Crippen LogP contribution in [0, 0.1) is 11.8 Å². The highest BCUT2D eigenvalue weighted by atomic mass is 19.1. The molecule has 1 saturated heterocycles. The Morgan fingerprint density at radius 3 is 2.57 bits per heavy atom. The smallest absolute Gasteiger partial charge is 0.114 e. The Balaban J connectivity index is 2.72. The number of nitrogens with zero attached hydrogens (tertiary/aromatic N) is 1. The molecule has 0 aromatic carbocycles. The van der Waals surface area contributed by atoms with E-state index < -0.39 is 5.67 Å². The van der Waals surface area contributed by atoms with Crippen molar-refractivity contribution in [2.75, 3.05) is 13.1 Å². The lowest BCUT2D eigenvalue weighted by molar-refractivity contribution is 0.000284. The molecule has 1 unspecified atom stereocenters. The van der Waals surface area contributed by atoms with Crippen molar-refractivity contribution in [3.8, 4) is 0 Å². The summed E-state index contributed by atoms with van der Waals surface area (Å²) in [6, 6.07) is 0. The molecule has 0 saturated carbocycles. The molecule has 1 aliphatic heterocycles. The topological polar surface area (TPSA) is 3.24 Å². The first kappa shape index (κ1) is 11.5. The number of piperidine rings is 1. The summed E-state index contributed by atoms with van der Waals surface area (Å²) in [6.45, 7) is 13.5. The molecule has 0 bridgehead atoms. The molecule has 2 heteroatoms. The third kappa shape index (κ3) is 2.28. The predicted octanol–water partition coefficient (Wildman–Crippen LogP) is 3.23. The second-order valence-electron chi connectivity index (χ2n) is 5.06. The van der Waals surface area contributed by atoms with Gasteiger partial charge < -0.3 is 4.90 Å². The van der Waals surface area contributed by atoms with Gasteiger partial charge in [-0.15, -0.1) is 0 Å². The van der Waals surface area contributed by atoms with Crippen molar-refractivity contribution in [3.63, 3.8) is 0 Å². The van der Waals surface area contributed by atoms with Crippen LogP contribution in [0.2, 0.25) is 0 Å². The minimum Gasteiger partial charge on any atom is -0.375 e. The molecule has 1 nitrogen and oxygen atoms in total. The maximum atomic E-state index is 14.2. The quantitative estimate of drug-likeness (QED) is 0.660. The van der Waals surface area contributed by atoms with E-state index in [4.69, 9.17) is 0 Å². The summed E-state index contributed by atoms with van der Waals surface area (Å²) >= 11 is 0. The highest BCUT2D eigenvalue weighted by Gasteiger charge is 2.40. The van der Waals surface area contributed by atoms with E-state index in [9.17, 15) is 4.39 Å². The van der Waals surface area contributed by atoms with E-state index in [1.165, 1.54) is 0 Å². The average molecular weight is 199 g/mol. The Bertz CT molecular complexity index is 220. The molecule has 0 aliphatic carbocycles. The minimum atomic E-state index is -1.000. The zero-order valence-electron chi connectivity index (χ0n) is 9.81. The third-order valence-electron chi connectivity index (χ3n) is 3.41. The van der Waals surface area contributed by atoms with Crippen molar-refractivity contribution in [2.45, 2.75) is 39.8 Å². The standard InChI is InChI=1S/C12H22FN/c1-9(2)11-8-14(10(3)4)7-6-12(11,5)13/h9,11H,3,6-8H2,1-2,4-5H3/t11-,12?/m1/s1. The first-order valence-electron chi connectivity index (χ1n) is 5.44. The first-order valence-corrected chi connectivity index (χ1v) is 5.44. The molecule has 1 aliphatic rings. The van der Waals surface area contributed by atoms with Crippen LogP contribution in [-0.4, -0.2) is 23.7 Å². The zero-order chi connectivity index (χ0) is 10.9. The van der Waals surface area contributed by atoms with Gasteiger partial charge in [-0.2, -0.15) is 0 Å². The first-order chi connectivity index (χ1) is 6.34. The van der Waals surface area contributed by atoms with Crippen molar-refractivity contribution >= 4 is 0 Å². The summed E-state index contributed by atoms with van der Waals surface area (Å²) in [5.74, 6) is 0.528. The summed E-state index contributed by atoms with van der Waals surface area (Å²) in [5, 5.41) is 0. The molecule has 0 spiro atoms.